The number of hydrogen-bond donors (Lipinski definition) is 2. The first-order valence-electron chi connectivity index (χ1n) is 6.27. The third-order valence-electron chi connectivity index (χ3n) is 2.63. The quantitative estimate of drug-likeness (QED) is 0.803. The predicted octanol–water partition coefficient (Wildman–Crippen LogP) is 1.39. The molecule has 0 saturated heterocycles. The average molecular weight is 272 g/mol. The van der Waals surface area contributed by atoms with Crippen molar-refractivity contribution < 1.29 is 9.53 Å². The van der Waals surface area contributed by atoms with Gasteiger partial charge in [0, 0.05) is 11.8 Å². The Balaban J connectivity index is 2.00. The number of nitrogens with zero attached hydrogens (tertiary/aromatic N) is 2. The van der Waals surface area contributed by atoms with Crippen molar-refractivity contribution >= 4 is 11.6 Å². The van der Waals surface area contributed by atoms with Gasteiger partial charge in [0.15, 0.2) is 0 Å². The lowest BCUT2D eigenvalue weighted by molar-refractivity contribution is 0.0950. The summed E-state index contributed by atoms with van der Waals surface area (Å²) in [5.41, 5.74) is 7.44. The molecule has 0 unspecified atom stereocenters. The van der Waals surface area contributed by atoms with Crippen LogP contribution in [0.25, 0.3) is 0 Å². The molecule has 0 atom stereocenters. The van der Waals surface area contributed by atoms with Gasteiger partial charge in [-0.25, -0.2) is 0 Å². The van der Waals surface area contributed by atoms with Crippen molar-refractivity contribution in [1.29, 1.82) is 0 Å². The zero-order valence-electron chi connectivity index (χ0n) is 11.2. The molecule has 1 heterocycles. The minimum atomic E-state index is -0.217. The molecule has 2 aromatic rings. The summed E-state index contributed by atoms with van der Waals surface area (Å²) < 4.78 is 5.33. The van der Waals surface area contributed by atoms with E-state index in [2.05, 4.69) is 15.5 Å². The maximum absolute atomic E-state index is 12.0. The van der Waals surface area contributed by atoms with Gasteiger partial charge in [-0.3, -0.25) is 4.79 Å². The normalized spacial score (nSPS) is 10.1. The van der Waals surface area contributed by atoms with Crippen LogP contribution in [0.5, 0.6) is 5.75 Å². The summed E-state index contributed by atoms with van der Waals surface area (Å²) in [5, 5.41) is 10.4. The lowest BCUT2D eigenvalue weighted by atomic mass is 10.1. The molecule has 1 aromatic carbocycles. The van der Waals surface area contributed by atoms with E-state index in [9.17, 15) is 4.79 Å². The lowest BCUT2D eigenvalue weighted by Gasteiger charge is -2.09. The number of nitrogen functional groups attached to an aromatic ring is 1. The van der Waals surface area contributed by atoms with E-state index in [1.807, 2.05) is 6.92 Å². The lowest BCUT2D eigenvalue weighted by Crippen LogP contribution is -2.23. The van der Waals surface area contributed by atoms with Crippen LogP contribution < -0.4 is 15.8 Å². The summed E-state index contributed by atoms with van der Waals surface area (Å²) in [6, 6.07) is 8.52. The van der Waals surface area contributed by atoms with Crippen molar-refractivity contribution in [3.63, 3.8) is 0 Å². The number of anilines is 1. The number of aromatic nitrogens is 2. The molecule has 2 rings (SSSR count). The van der Waals surface area contributed by atoms with E-state index in [1.54, 1.807) is 36.5 Å². The van der Waals surface area contributed by atoms with Crippen molar-refractivity contribution in [2.75, 3.05) is 12.3 Å². The molecule has 0 radical (unpaired) electrons. The van der Waals surface area contributed by atoms with Gasteiger partial charge in [0.1, 0.15) is 5.75 Å². The SMILES string of the molecule is CCOc1ccc(C(=O)NCc2cccnn2)cc1N. The molecule has 6 heteroatoms. The molecule has 0 bridgehead atoms. The van der Waals surface area contributed by atoms with Crippen LogP contribution >= 0.6 is 0 Å². The first kappa shape index (κ1) is 13.8. The van der Waals surface area contributed by atoms with Crippen molar-refractivity contribution in [3.8, 4) is 5.75 Å². The Morgan fingerprint density at radius 1 is 1.40 bits per heavy atom. The maximum atomic E-state index is 12.0. The number of benzene rings is 1. The van der Waals surface area contributed by atoms with E-state index in [4.69, 9.17) is 10.5 Å². The second-order valence-corrected chi connectivity index (χ2v) is 4.08. The summed E-state index contributed by atoms with van der Waals surface area (Å²) in [6.07, 6.45) is 1.58. The van der Waals surface area contributed by atoms with Gasteiger partial charge in [-0.1, -0.05) is 0 Å². The number of nitrogens with one attached hydrogen (secondary N) is 1. The zero-order chi connectivity index (χ0) is 14.4. The maximum Gasteiger partial charge on any atom is 0.251 e. The van der Waals surface area contributed by atoms with Crippen LogP contribution in [0.1, 0.15) is 23.0 Å². The van der Waals surface area contributed by atoms with Gasteiger partial charge in [-0.2, -0.15) is 10.2 Å². The first-order valence-corrected chi connectivity index (χ1v) is 6.27. The van der Waals surface area contributed by atoms with Gasteiger partial charge in [0.2, 0.25) is 0 Å². The zero-order valence-corrected chi connectivity index (χ0v) is 11.2. The number of nitrogens with two attached hydrogens (primary N) is 1. The van der Waals surface area contributed by atoms with Crippen LogP contribution in [-0.2, 0) is 6.54 Å². The Morgan fingerprint density at radius 2 is 2.25 bits per heavy atom. The van der Waals surface area contributed by atoms with Gasteiger partial charge in [0.25, 0.3) is 5.91 Å². The van der Waals surface area contributed by atoms with Crippen LogP contribution in [0.3, 0.4) is 0 Å². The van der Waals surface area contributed by atoms with E-state index >= 15 is 0 Å². The highest BCUT2D eigenvalue weighted by molar-refractivity contribution is 5.95. The van der Waals surface area contributed by atoms with Crippen LogP contribution in [-0.4, -0.2) is 22.7 Å². The van der Waals surface area contributed by atoms with E-state index in [0.29, 0.717) is 35.8 Å². The smallest absolute Gasteiger partial charge is 0.251 e. The predicted molar refractivity (Wildman–Crippen MR) is 75.2 cm³/mol. The van der Waals surface area contributed by atoms with E-state index in [-0.39, 0.29) is 5.91 Å². The average Bonchev–Trinajstić information content (AvgIpc) is 2.48. The number of amides is 1. The number of carbonyl (C=O) groups excluding carboxylic acids is 1. The van der Waals surface area contributed by atoms with Crippen LogP contribution in [0.15, 0.2) is 36.5 Å². The van der Waals surface area contributed by atoms with Crippen molar-refractivity contribution in [1.82, 2.24) is 15.5 Å². The van der Waals surface area contributed by atoms with Crippen LogP contribution in [0.2, 0.25) is 0 Å². The van der Waals surface area contributed by atoms with Crippen molar-refractivity contribution in [3.05, 3.63) is 47.8 Å². The van der Waals surface area contributed by atoms with Gasteiger partial charge >= 0.3 is 0 Å². The molecule has 0 aliphatic carbocycles. The van der Waals surface area contributed by atoms with Crippen molar-refractivity contribution in [2.45, 2.75) is 13.5 Å². The fourth-order valence-electron chi connectivity index (χ4n) is 1.68. The highest BCUT2D eigenvalue weighted by Gasteiger charge is 2.08. The Hall–Kier alpha value is -2.63. The molecule has 0 fully saturated rings. The molecule has 6 nitrogen and oxygen atoms in total. The molecular weight excluding hydrogens is 256 g/mol. The molecule has 0 aliphatic heterocycles. The van der Waals surface area contributed by atoms with Crippen LogP contribution in [0, 0.1) is 0 Å². The van der Waals surface area contributed by atoms with Gasteiger partial charge in [-0.05, 0) is 37.3 Å². The monoisotopic (exact) mass is 272 g/mol. The highest BCUT2D eigenvalue weighted by atomic mass is 16.5. The summed E-state index contributed by atoms with van der Waals surface area (Å²) in [6.45, 7) is 2.73. The number of rotatable bonds is 5. The number of carbonyl (C=O) groups is 1. The van der Waals surface area contributed by atoms with Crippen LogP contribution in [0.4, 0.5) is 5.69 Å². The molecule has 20 heavy (non-hydrogen) atoms. The minimum absolute atomic E-state index is 0.217. The summed E-state index contributed by atoms with van der Waals surface area (Å²) in [7, 11) is 0. The summed E-state index contributed by atoms with van der Waals surface area (Å²) >= 11 is 0. The van der Waals surface area contributed by atoms with Gasteiger partial charge in [0.05, 0.1) is 24.5 Å². The topological polar surface area (TPSA) is 90.1 Å². The Labute approximate surface area is 117 Å². The molecule has 0 spiro atoms. The highest BCUT2D eigenvalue weighted by Crippen LogP contribution is 2.22. The van der Waals surface area contributed by atoms with E-state index in [1.165, 1.54) is 0 Å². The minimum Gasteiger partial charge on any atom is -0.492 e. The Kier molecular flexibility index (Phi) is 4.49. The van der Waals surface area contributed by atoms with Crippen molar-refractivity contribution in [2.24, 2.45) is 0 Å². The Morgan fingerprint density at radius 3 is 2.90 bits per heavy atom. The number of hydrogen-bond acceptors (Lipinski definition) is 5. The standard InChI is InChI=1S/C14H16N4O2/c1-2-20-13-6-5-10(8-12(13)15)14(19)16-9-11-4-3-7-17-18-11/h3-8H,2,9,15H2,1H3,(H,16,19). The third-order valence-corrected chi connectivity index (χ3v) is 2.63. The fourth-order valence-corrected chi connectivity index (χ4v) is 1.68. The van der Waals surface area contributed by atoms with Gasteiger partial charge < -0.3 is 15.8 Å². The second-order valence-electron chi connectivity index (χ2n) is 4.08. The molecule has 1 amide bonds. The second kappa shape index (κ2) is 6.51. The first-order chi connectivity index (χ1) is 9.70. The number of ether oxygens (including phenoxy) is 1. The van der Waals surface area contributed by atoms with Gasteiger partial charge in [-0.15, -0.1) is 0 Å². The van der Waals surface area contributed by atoms with E-state index in [0.717, 1.165) is 0 Å². The molecule has 3 N–H and O–H groups in total. The summed E-state index contributed by atoms with van der Waals surface area (Å²) in [4.78, 5) is 12.0. The third kappa shape index (κ3) is 3.44. The molecule has 0 saturated carbocycles. The van der Waals surface area contributed by atoms with E-state index < -0.39 is 0 Å². The largest absolute Gasteiger partial charge is 0.492 e. The molecule has 1 aromatic heterocycles. The molecular formula is C14H16N4O2. The Bertz CT molecular complexity index is 587. The molecule has 0 aliphatic rings. The molecule has 104 valence electrons. The summed E-state index contributed by atoms with van der Waals surface area (Å²) in [5.74, 6) is 0.364. The fraction of sp³-hybridized carbons (Fsp3) is 0.214.